The fourth-order valence-corrected chi connectivity index (χ4v) is 2.94. The third kappa shape index (κ3) is 2.97. The van der Waals surface area contributed by atoms with Gasteiger partial charge in [0.05, 0.1) is 12.8 Å². The molecule has 1 heterocycles. The molecule has 2 rings (SSSR count). The summed E-state index contributed by atoms with van der Waals surface area (Å²) in [7, 11) is 1.33. The second-order valence-corrected chi connectivity index (χ2v) is 5.70. The molecule has 4 nitrogen and oxygen atoms in total. The molecule has 0 saturated carbocycles. The summed E-state index contributed by atoms with van der Waals surface area (Å²) in [6.45, 7) is 5.72. The Bertz CT molecular complexity index is 704. The molecule has 0 radical (unpaired) electrons. The molecule has 1 aromatic heterocycles. The number of carbonyl (C=O) groups is 2. The second kappa shape index (κ2) is 6.10. The van der Waals surface area contributed by atoms with Crippen LogP contribution in [0.4, 0.5) is 5.69 Å². The summed E-state index contributed by atoms with van der Waals surface area (Å²) in [5, 5.41) is 4.65. The van der Waals surface area contributed by atoms with Gasteiger partial charge in [0, 0.05) is 5.56 Å². The number of hydrogen-bond donors (Lipinski definition) is 1. The minimum Gasteiger partial charge on any atom is -0.465 e. The number of ether oxygens (including phenoxy) is 1. The quantitative estimate of drug-likeness (QED) is 0.879. The summed E-state index contributed by atoms with van der Waals surface area (Å²) in [4.78, 5) is 24.6. The number of benzene rings is 1. The molecule has 1 aromatic carbocycles. The van der Waals surface area contributed by atoms with E-state index >= 15 is 0 Å². The van der Waals surface area contributed by atoms with E-state index in [-0.39, 0.29) is 5.91 Å². The van der Waals surface area contributed by atoms with E-state index in [9.17, 15) is 9.59 Å². The van der Waals surface area contributed by atoms with E-state index in [4.69, 9.17) is 4.74 Å². The first kappa shape index (κ1) is 15.3. The molecular weight excluding hydrogens is 286 g/mol. The van der Waals surface area contributed by atoms with Crippen molar-refractivity contribution in [3.05, 3.63) is 50.7 Å². The lowest BCUT2D eigenvalue weighted by Gasteiger charge is -2.10. The summed E-state index contributed by atoms with van der Waals surface area (Å²) in [6, 6.07) is 5.58. The van der Waals surface area contributed by atoms with Gasteiger partial charge < -0.3 is 10.1 Å². The van der Waals surface area contributed by atoms with Gasteiger partial charge in [-0.2, -0.15) is 0 Å². The maximum atomic E-state index is 12.4. The van der Waals surface area contributed by atoms with Crippen LogP contribution in [0.1, 0.15) is 36.7 Å². The Labute approximate surface area is 127 Å². The number of hydrogen-bond acceptors (Lipinski definition) is 4. The van der Waals surface area contributed by atoms with Crippen molar-refractivity contribution < 1.29 is 14.3 Å². The highest BCUT2D eigenvalue weighted by molar-refractivity contribution is 7.12. The fourth-order valence-electron chi connectivity index (χ4n) is 2.02. The number of thiophene rings is 1. The third-order valence-corrected chi connectivity index (χ3v) is 4.51. The standard InChI is InChI=1S/C16H17NO3S/c1-9-6-5-7-12(11(9)3)15(18)17-13-10(2)8-21-14(13)16(19)20-4/h5-8H,1-4H3,(H,17,18). The Balaban J connectivity index is 2.34. The zero-order valence-corrected chi connectivity index (χ0v) is 13.3. The van der Waals surface area contributed by atoms with Crippen LogP contribution in [0, 0.1) is 20.8 Å². The first-order valence-corrected chi connectivity index (χ1v) is 7.37. The lowest BCUT2D eigenvalue weighted by atomic mass is 10.0. The largest absolute Gasteiger partial charge is 0.465 e. The number of nitrogens with one attached hydrogen (secondary N) is 1. The highest BCUT2D eigenvalue weighted by atomic mass is 32.1. The summed E-state index contributed by atoms with van der Waals surface area (Å²) in [5.41, 5.74) is 3.97. The van der Waals surface area contributed by atoms with Gasteiger partial charge >= 0.3 is 5.97 Å². The first-order chi connectivity index (χ1) is 9.95. The van der Waals surface area contributed by atoms with Crippen LogP contribution in [0.2, 0.25) is 0 Å². The second-order valence-electron chi connectivity index (χ2n) is 4.82. The van der Waals surface area contributed by atoms with E-state index in [2.05, 4.69) is 5.32 Å². The van der Waals surface area contributed by atoms with Crippen molar-refractivity contribution in [2.75, 3.05) is 12.4 Å². The minimum absolute atomic E-state index is 0.220. The van der Waals surface area contributed by atoms with Crippen LogP contribution in [0.3, 0.4) is 0 Å². The fraction of sp³-hybridized carbons (Fsp3) is 0.250. The zero-order valence-electron chi connectivity index (χ0n) is 12.4. The number of methoxy groups -OCH3 is 1. The van der Waals surface area contributed by atoms with Crippen LogP contribution in [0.25, 0.3) is 0 Å². The molecule has 0 spiro atoms. The van der Waals surface area contributed by atoms with Crippen molar-refractivity contribution in [1.29, 1.82) is 0 Å². The van der Waals surface area contributed by atoms with Crippen molar-refractivity contribution in [1.82, 2.24) is 0 Å². The average molecular weight is 303 g/mol. The van der Waals surface area contributed by atoms with Crippen molar-refractivity contribution in [3.8, 4) is 0 Å². The van der Waals surface area contributed by atoms with Gasteiger partial charge in [-0.3, -0.25) is 4.79 Å². The summed E-state index contributed by atoms with van der Waals surface area (Å²) >= 11 is 1.26. The van der Waals surface area contributed by atoms with Gasteiger partial charge in [-0.1, -0.05) is 12.1 Å². The monoisotopic (exact) mass is 303 g/mol. The minimum atomic E-state index is -0.440. The molecule has 2 aromatic rings. The Kier molecular flexibility index (Phi) is 4.43. The van der Waals surface area contributed by atoms with E-state index in [0.29, 0.717) is 16.1 Å². The average Bonchev–Trinajstić information content (AvgIpc) is 2.82. The predicted molar refractivity (Wildman–Crippen MR) is 84.3 cm³/mol. The van der Waals surface area contributed by atoms with E-state index in [1.165, 1.54) is 18.4 Å². The maximum absolute atomic E-state index is 12.4. The molecule has 0 aliphatic rings. The molecule has 5 heteroatoms. The molecule has 0 unspecified atom stereocenters. The topological polar surface area (TPSA) is 55.4 Å². The van der Waals surface area contributed by atoms with Gasteiger partial charge in [0.1, 0.15) is 4.88 Å². The van der Waals surface area contributed by atoms with Crippen molar-refractivity contribution in [2.24, 2.45) is 0 Å². The number of rotatable bonds is 3. The molecule has 110 valence electrons. The number of anilines is 1. The van der Waals surface area contributed by atoms with Crippen molar-refractivity contribution in [3.63, 3.8) is 0 Å². The van der Waals surface area contributed by atoms with E-state index in [1.807, 2.05) is 38.3 Å². The number of amides is 1. The maximum Gasteiger partial charge on any atom is 0.350 e. The zero-order chi connectivity index (χ0) is 15.6. The lowest BCUT2D eigenvalue weighted by Crippen LogP contribution is -2.16. The lowest BCUT2D eigenvalue weighted by molar-refractivity contribution is 0.0607. The van der Waals surface area contributed by atoms with E-state index in [0.717, 1.165) is 16.7 Å². The summed E-state index contributed by atoms with van der Waals surface area (Å²) in [6.07, 6.45) is 0. The Hall–Kier alpha value is -2.14. The van der Waals surface area contributed by atoms with Crippen molar-refractivity contribution in [2.45, 2.75) is 20.8 Å². The SMILES string of the molecule is COC(=O)c1scc(C)c1NC(=O)c1cccc(C)c1C. The molecule has 0 aliphatic heterocycles. The smallest absolute Gasteiger partial charge is 0.350 e. The summed E-state index contributed by atoms with van der Waals surface area (Å²) in [5.74, 6) is -0.660. The molecule has 0 aliphatic carbocycles. The molecule has 0 atom stereocenters. The number of carbonyl (C=O) groups excluding carboxylic acids is 2. The third-order valence-electron chi connectivity index (χ3n) is 3.43. The molecule has 21 heavy (non-hydrogen) atoms. The Morgan fingerprint density at radius 3 is 2.52 bits per heavy atom. The van der Waals surface area contributed by atoms with Crippen molar-refractivity contribution >= 4 is 28.9 Å². The van der Waals surface area contributed by atoms with Crippen LogP contribution in [0.15, 0.2) is 23.6 Å². The predicted octanol–water partition coefficient (Wildman–Crippen LogP) is 3.71. The molecule has 0 bridgehead atoms. The van der Waals surface area contributed by atoms with Gasteiger partial charge in [0.2, 0.25) is 0 Å². The van der Waals surface area contributed by atoms with Gasteiger partial charge in [0.15, 0.2) is 0 Å². The van der Waals surface area contributed by atoms with Crippen LogP contribution in [0.5, 0.6) is 0 Å². The van der Waals surface area contributed by atoms with Crippen LogP contribution in [-0.2, 0) is 4.74 Å². The number of esters is 1. The van der Waals surface area contributed by atoms with Gasteiger partial charge in [-0.25, -0.2) is 4.79 Å². The van der Waals surface area contributed by atoms with Crippen LogP contribution in [-0.4, -0.2) is 19.0 Å². The molecule has 0 saturated heterocycles. The Morgan fingerprint density at radius 2 is 1.86 bits per heavy atom. The van der Waals surface area contributed by atoms with Gasteiger partial charge in [-0.05, 0) is 48.9 Å². The molecule has 1 N–H and O–H groups in total. The highest BCUT2D eigenvalue weighted by Gasteiger charge is 2.20. The van der Waals surface area contributed by atoms with Gasteiger partial charge in [-0.15, -0.1) is 11.3 Å². The molecule has 0 fully saturated rings. The van der Waals surface area contributed by atoms with E-state index in [1.54, 1.807) is 6.07 Å². The first-order valence-electron chi connectivity index (χ1n) is 6.49. The van der Waals surface area contributed by atoms with Crippen LogP contribution >= 0.6 is 11.3 Å². The number of aryl methyl sites for hydroxylation is 2. The van der Waals surface area contributed by atoms with Gasteiger partial charge in [0.25, 0.3) is 5.91 Å². The van der Waals surface area contributed by atoms with Crippen LogP contribution < -0.4 is 5.32 Å². The Morgan fingerprint density at radius 1 is 1.14 bits per heavy atom. The highest BCUT2D eigenvalue weighted by Crippen LogP contribution is 2.29. The molecular formula is C16H17NO3S. The van der Waals surface area contributed by atoms with E-state index < -0.39 is 5.97 Å². The normalized spacial score (nSPS) is 10.3. The summed E-state index contributed by atoms with van der Waals surface area (Å²) < 4.78 is 4.74. The molecule has 1 amide bonds.